The summed E-state index contributed by atoms with van der Waals surface area (Å²) in [5.41, 5.74) is -0.644. The minimum atomic E-state index is -1.60. The Morgan fingerprint density at radius 3 is 2.12 bits per heavy atom. The minimum absolute atomic E-state index is 0.248. The van der Waals surface area contributed by atoms with Crippen molar-refractivity contribution in [3.05, 3.63) is 23.5 Å². The van der Waals surface area contributed by atoms with Gasteiger partial charge in [-0.25, -0.2) is 0 Å². The van der Waals surface area contributed by atoms with E-state index in [9.17, 15) is 17.6 Å². The van der Waals surface area contributed by atoms with Crippen LogP contribution in [0.2, 0.25) is 0 Å². The normalized spacial score (nSPS) is 20.6. The standard InChI is InChI=1S/C10H10F4N2/c1-5-2-3-16(4-5)8-6(11)9(13)15-10(14)7(8)12/h5H,2-4H2,1H3. The van der Waals surface area contributed by atoms with Gasteiger partial charge >= 0.3 is 0 Å². The molecule has 2 heterocycles. The largest absolute Gasteiger partial charge is 0.366 e. The van der Waals surface area contributed by atoms with Crippen LogP contribution in [0.3, 0.4) is 0 Å². The predicted octanol–water partition coefficient (Wildman–Crippen LogP) is 2.48. The minimum Gasteiger partial charge on any atom is -0.366 e. The Morgan fingerprint density at radius 2 is 1.69 bits per heavy atom. The molecule has 1 saturated heterocycles. The molecular formula is C10H10F4N2. The van der Waals surface area contributed by atoms with Gasteiger partial charge < -0.3 is 4.90 Å². The molecule has 1 aliphatic heterocycles. The van der Waals surface area contributed by atoms with E-state index < -0.39 is 29.2 Å². The summed E-state index contributed by atoms with van der Waals surface area (Å²) in [5.74, 6) is -5.80. The van der Waals surface area contributed by atoms with Crippen LogP contribution in [0, 0.1) is 29.4 Å². The van der Waals surface area contributed by atoms with Crippen molar-refractivity contribution in [3.63, 3.8) is 0 Å². The third-order valence-corrected chi connectivity index (χ3v) is 2.71. The topological polar surface area (TPSA) is 16.1 Å². The lowest BCUT2D eigenvalue weighted by Gasteiger charge is -2.19. The van der Waals surface area contributed by atoms with Crippen LogP contribution in [-0.4, -0.2) is 18.1 Å². The van der Waals surface area contributed by atoms with Crippen LogP contribution in [-0.2, 0) is 0 Å². The Bertz CT molecular complexity index is 396. The van der Waals surface area contributed by atoms with E-state index in [4.69, 9.17) is 0 Å². The third-order valence-electron chi connectivity index (χ3n) is 2.71. The second kappa shape index (κ2) is 3.92. The zero-order chi connectivity index (χ0) is 11.9. The van der Waals surface area contributed by atoms with E-state index in [1.807, 2.05) is 6.92 Å². The fraction of sp³-hybridized carbons (Fsp3) is 0.500. The number of aromatic nitrogens is 1. The Hall–Kier alpha value is -1.33. The first-order valence-electron chi connectivity index (χ1n) is 4.95. The fourth-order valence-electron chi connectivity index (χ4n) is 1.89. The summed E-state index contributed by atoms with van der Waals surface area (Å²) in [5, 5.41) is 0. The Balaban J connectivity index is 2.47. The van der Waals surface area contributed by atoms with Gasteiger partial charge in [-0.05, 0) is 12.3 Å². The maximum absolute atomic E-state index is 13.3. The first-order valence-corrected chi connectivity index (χ1v) is 4.95. The lowest BCUT2D eigenvalue weighted by atomic mass is 10.2. The Kier molecular flexibility index (Phi) is 2.73. The van der Waals surface area contributed by atoms with Crippen LogP contribution in [0.4, 0.5) is 23.2 Å². The number of anilines is 1. The average Bonchev–Trinajstić information content (AvgIpc) is 2.62. The number of pyridine rings is 1. The molecule has 0 radical (unpaired) electrons. The molecule has 0 aliphatic carbocycles. The van der Waals surface area contributed by atoms with Gasteiger partial charge in [0.05, 0.1) is 0 Å². The van der Waals surface area contributed by atoms with Gasteiger partial charge in [-0.1, -0.05) is 6.92 Å². The van der Waals surface area contributed by atoms with Gasteiger partial charge in [-0.15, -0.1) is 0 Å². The van der Waals surface area contributed by atoms with Crippen LogP contribution in [0.5, 0.6) is 0 Å². The molecule has 0 N–H and O–H groups in total. The molecule has 16 heavy (non-hydrogen) atoms. The SMILES string of the molecule is CC1CCN(c2c(F)c(F)nc(F)c2F)C1. The summed E-state index contributed by atoms with van der Waals surface area (Å²) >= 11 is 0. The summed E-state index contributed by atoms with van der Waals surface area (Å²) in [4.78, 5) is 3.82. The van der Waals surface area contributed by atoms with Crippen molar-refractivity contribution in [2.75, 3.05) is 18.0 Å². The van der Waals surface area contributed by atoms with Gasteiger partial charge in [-0.2, -0.15) is 22.5 Å². The Labute approximate surface area is 89.9 Å². The smallest absolute Gasteiger partial charge is 0.253 e. The van der Waals surface area contributed by atoms with E-state index in [2.05, 4.69) is 4.98 Å². The van der Waals surface area contributed by atoms with Crippen molar-refractivity contribution in [2.45, 2.75) is 13.3 Å². The van der Waals surface area contributed by atoms with Crippen LogP contribution >= 0.6 is 0 Å². The van der Waals surface area contributed by atoms with E-state index in [-0.39, 0.29) is 5.92 Å². The molecule has 1 atom stereocenters. The lowest BCUT2D eigenvalue weighted by Crippen LogP contribution is -2.23. The Morgan fingerprint density at radius 1 is 1.12 bits per heavy atom. The monoisotopic (exact) mass is 234 g/mol. The maximum atomic E-state index is 13.3. The number of rotatable bonds is 1. The summed E-state index contributed by atoms with van der Waals surface area (Å²) in [6, 6.07) is 0. The molecule has 6 heteroatoms. The van der Waals surface area contributed by atoms with Crippen molar-refractivity contribution in [1.82, 2.24) is 4.98 Å². The number of hydrogen-bond acceptors (Lipinski definition) is 2. The van der Waals surface area contributed by atoms with Crippen molar-refractivity contribution >= 4 is 5.69 Å². The zero-order valence-corrected chi connectivity index (χ0v) is 8.60. The van der Waals surface area contributed by atoms with E-state index in [0.29, 0.717) is 13.1 Å². The molecule has 0 bridgehead atoms. The van der Waals surface area contributed by atoms with Crippen LogP contribution in [0.25, 0.3) is 0 Å². The molecule has 0 spiro atoms. The van der Waals surface area contributed by atoms with Gasteiger partial charge in [0.2, 0.25) is 11.6 Å². The highest BCUT2D eigenvalue weighted by molar-refractivity contribution is 5.49. The molecule has 0 saturated carbocycles. The summed E-state index contributed by atoms with van der Waals surface area (Å²) < 4.78 is 52.4. The van der Waals surface area contributed by atoms with Crippen molar-refractivity contribution in [3.8, 4) is 0 Å². The number of hydrogen-bond donors (Lipinski definition) is 0. The van der Waals surface area contributed by atoms with E-state index in [0.717, 1.165) is 6.42 Å². The predicted molar refractivity (Wildman–Crippen MR) is 50.1 cm³/mol. The number of halogens is 4. The maximum Gasteiger partial charge on any atom is 0.253 e. The van der Waals surface area contributed by atoms with Crippen molar-refractivity contribution in [2.24, 2.45) is 5.92 Å². The molecule has 88 valence electrons. The number of nitrogens with zero attached hydrogens (tertiary/aromatic N) is 2. The van der Waals surface area contributed by atoms with Crippen molar-refractivity contribution < 1.29 is 17.6 Å². The van der Waals surface area contributed by atoms with Gasteiger partial charge in [0.25, 0.3) is 11.9 Å². The molecule has 0 aromatic carbocycles. The van der Waals surface area contributed by atoms with Gasteiger partial charge in [0.15, 0.2) is 0 Å². The van der Waals surface area contributed by atoms with Gasteiger partial charge in [0.1, 0.15) is 5.69 Å². The zero-order valence-electron chi connectivity index (χ0n) is 8.60. The molecule has 2 nitrogen and oxygen atoms in total. The van der Waals surface area contributed by atoms with E-state index in [1.165, 1.54) is 4.90 Å². The quantitative estimate of drug-likeness (QED) is 0.548. The first kappa shape index (κ1) is 11.2. The first-order chi connectivity index (χ1) is 7.50. The van der Waals surface area contributed by atoms with Crippen LogP contribution < -0.4 is 4.90 Å². The van der Waals surface area contributed by atoms with Crippen LogP contribution in [0.1, 0.15) is 13.3 Å². The molecule has 1 fully saturated rings. The molecule has 0 amide bonds. The molecule has 2 rings (SSSR count). The highest BCUT2D eigenvalue weighted by Crippen LogP contribution is 2.30. The summed E-state index contributed by atoms with van der Waals surface area (Å²) in [6.07, 6.45) is 0.741. The molecular weight excluding hydrogens is 224 g/mol. The van der Waals surface area contributed by atoms with E-state index in [1.54, 1.807) is 0 Å². The average molecular weight is 234 g/mol. The second-order valence-corrected chi connectivity index (χ2v) is 4.01. The highest BCUT2D eigenvalue weighted by atomic mass is 19.2. The highest BCUT2D eigenvalue weighted by Gasteiger charge is 2.29. The summed E-state index contributed by atoms with van der Waals surface area (Å²) in [7, 11) is 0. The van der Waals surface area contributed by atoms with Crippen LogP contribution in [0.15, 0.2) is 0 Å². The van der Waals surface area contributed by atoms with Crippen molar-refractivity contribution in [1.29, 1.82) is 0 Å². The lowest BCUT2D eigenvalue weighted by molar-refractivity contribution is 0.407. The molecule has 1 unspecified atom stereocenters. The fourth-order valence-corrected chi connectivity index (χ4v) is 1.89. The van der Waals surface area contributed by atoms with Gasteiger partial charge in [-0.3, -0.25) is 0 Å². The second-order valence-electron chi connectivity index (χ2n) is 4.01. The summed E-state index contributed by atoms with van der Waals surface area (Å²) in [6.45, 7) is 2.68. The van der Waals surface area contributed by atoms with E-state index >= 15 is 0 Å². The molecule has 1 aliphatic rings. The molecule has 1 aromatic rings. The molecule has 1 aromatic heterocycles. The van der Waals surface area contributed by atoms with Gasteiger partial charge in [0, 0.05) is 13.1 Å². The third kappa shape index (κ3) is 1.72.